The Kier molecular flexibility index (Phi) is 16.5. The van der Waals surface area contributed by atoms with Crippen molar-refractivity contribution in [1.29, 1.82) is 0 Å². The van der Waals surface area contributed by atoms with Crippen LogP contribution in [0.4, 0.5) is 0 Å². The molecule has 4 aliphatic heterocycles. The Morgan fingerprint density at radius 3 is 0.944 bits per heavy atom. The maximum atomic E-state index is 16.0. The summed E-state index contributed by atoms with van der Waals surface area (Å²) >= 11 is 0. The summed E-state index contributed by atoms with van der Waals surface area (Å²) in [6.45, 7) is 13.8. The van der Waals surface area contributed by atoms with Crippen LogP contribution >= 0.6 is 0 Å². The molecular formula is C74H72N4O12. The van der Waals surface area contributed by atoms with Gasteiger partial charge in [-0.05, 0) is 146 Å². The largest absolute Gasteiger partial charge is 0.457 e. The molecule has 2 saturated heterocycles. The molecule has 0 aliphatic carbocycles. The molecule has 4 atom stereocenters. The Labute approximate surface area is 522 Å². The van der Waals surface area contributed by atoms with Gasteiger partial charge in [-0.2, -0.15) is 0 Å². The number of carbonyl (C=O) groups excluding carboxylic acids is 6. The molecule has 0 bridgehead atoms. The number of hydrogen-bond acceptors (Lipinski definition) is 12. The maximum Gasteiger partial charge on any atom is 0.262 e. The van der Waals surface area contributed by atoms with E-state index in [1.807, 2.05) is 139 Å². The van der Waals surface area contributed by atoms with Gasteiger partial charge < -0.3 is 39.1 Å². The fourth-order valence-corrected chi connectivity index (χ4v) is 13.0. The first-order chi connectivity index (χ1) is 43.8. The fourth-order valence-electron chi connectivity index (χ4n) is 13.0. The minimum atomic E-state index is -1.20. The van der Waals surface area contributed by atoms with Gasteiger partial charge in [0.15, 0.2) is 0 Å². The lowest BCUT2D eigenvalue weighted by atomic mass is 9.80. The summed E-state index contributed by atoms with van der Waals surface area (Å²) in [5.74, 6) is -1.41. The normalized spacial score (nSPS) is 16.5. The van der Waals surface area contributed by atoms with E-state index in [2.05, 4.69) is 10.6 Å². The molecule has 4 aliphatic rings. The SMILES string of the molecule is CCCC(C(=O)NCCC1CO1)N1C(=O)c2cc(Oc3cccc(CC)c3)c3c4c(Oc5cccc(CC)c5)cc5c6c(cc(Oc7cccc(CC)c7)c(c7c(Oc8cccc(CC)c8)cc(c2c37)C1=O)c64)C(=O)N(C(CCC)C(=O)NCCC1CO1)C5=O. The number of amides is 6. The first-order valence-electron chi connectivity index (χ1n) is 31.8. The average Bonchev–Trinajstić information content (AvgIpc) is 0.715. The van der Waals surface area contributed by atoms with Crippen molar-refractivity contribution >= 4 is 78.5 Å². The summed E-state index contributed by atoms with van der Waals surface area (Å²) in [5, 5.41) is 8.69. The third kappa shape index (κ3) is 11.1. The molecule has 0 saturated carbocycles. The quantitative estimate of drug-likeness (QED) is 0.0226. The van der Waals surface area contributed by atoms with Crippen LogP contribution < -0.4 is 29.6 Å². The molecule has 0 spiro atoms. The third-order valence-corrected chi connectivity index (χ3v) is 17.8. The number of aryl methyl sites for hydroxylation is 4. The molecule has 9 aromatic rings. The van der Waals surface area contributed by atoms with E-state index in [1.54, 1.807) is 24.3 Å². The molecule has 2 N–H and O–H groups in total. The lowest BCUT2D eigenvalue weighted by molar-refractivity contribution is -0.126. The number of nitrogens with one attached hydrogen (secondary N) is 2. The molecule has 0 radical (unpaired) electrons. The Morgan fingerprint density at radius 2 is 0.700 bits per heavy atom. The van der Waals surface area contributed by atoms with Crippen molar-refractivity contribution < 1.29 is 57.2 Å². The van der Waals surface area contributed by atoms with E-state index in [-0.39, 0.29) is 94.2 Å². The minimum Gasteiger partial charge on any atom is -0.457 e. The van der Waals surface area contributed by atoms with Gasteiger partial charge in [0.25, 0.3) is 23.6 Å². The summed E-state index contributed by atoms with van der Waals surface area (Å²) in [6.07, 6.45) is 5.22. The topological polar surface area (TPSA) is 195 Å². The molecule has 4 unspecified atom stereocenters. The molecule has 4 heterocycles. The molecule has 460 valence electrons. The minimum absolute atomic E-state index is 0.0360. The predicted molar refractivity (Wildman–Crippen MR) is 344 cm³/mol. The second kappa shape index (κ2) is 24.9. The van der Waals surface area contributed by atoms with Gasteiger partial charge in [-0.15, -0.1) is 0 Å². The Hall–Kier alpha value is -9.38. The second-order valence-corrected chi connectivity index (χ2v) is 23.7. The van der Waals surface area contributed by atoms with E-state index in [0.717, 1.165) is 32.1 Å². The number of carbonyl (C=O) groups is 6. The summed E-state index contributed by atoms with van der Waals surface area (Å²) < 4.78 is 39.9. The zero-order valence-corrected chi connectivity index (χ0v) is 51.5. The summed E-state index contributed by atoms with van der Waals surface area (Å²) in [7, 11) is 0. The van der Waals surface area contributed by atoms with Gasteiger partial charge in [0.1, 0.15) is 58.1 Å². The Balaban J connectivity index is 1.19. The highest BCUT2D eigenvalue weighted by Crippen LogP contribution is 2.58. The summed E-state index contributed by atoms with van der Waals surface area (Å²) in [5.41, 5.74) is 4.22. The van der Waals surface area contributed by atoms with E-state index < -0.39 is 47.5 Å². The van der Waals surface area contributed by atoms with Gasteiger partial charge >= 0.3 is 0 Å². The molecule has 6 amide bonds. The number of epoxide rings is 2. The number of fused-ring (bicyclic) bond motifs is 2. The summed E-state index contributed by atoms with van der Waals surface area (Å²) in [6, 6.07) is 34.7. The van der Waals surface area contributed by atoms with Crippen LogP contribution in [-0.2, 0) is 44.7 Å². The number of rotatable bonds is 26. The van der Waals surface area contributed by atoms with Crippen LogP contribution in [-0.4, -0.2) is 95.8 Å². The zero-order valence-electron chi connectivity index (χ0n) is 51.5. The molecule has 90 heavy (non-hydrogen) atoms. The first-order valence-corrected chi connectivity index (χ1v) is 31.8. The van der Waals surface area contributed by atoms with E-state index in [4.69, 9.17) is 28.4 Å². The number of nitrogens with zero attached hydrogens (tertiary/aromatic N) is 2. The first kappa shape index (κ1) is 59.6. The molecule has 9 aromatic carbocycles. The average molecular weight is 1210 g/mol. The number of benzene rings is 9. The van der Waals surface area contributed by atoms with Crippen LogP contribution in [0.2, 0.25) is 0 Å². The summed E-state index contributed by atoms with van der Waals surface area (Å²) in [4.78, 5) is 95.3. The van der Waals surface area contributed by atoms with Crippen LogP contribution in [0, 0.1) is 0 Å². The van der Waals surface area contributed by atoms with Crippen molar-refractivity contribution in [3.8, 4) is 46.0 Å². The van der Waals surface area contributed by atoms with E-state index >= 15 is 19.2 Å². The Morgan fingerprint density at radius 1 is 0.422 bits per heavy atom. The van der Waals surface area contributed by atoms with Crippen molar-refractivity contribution in [3.05, 3.63) is 166 Å². The standard InChI is InChI=1S/C74H72N4O12/c1-7-17-55(69(79)75-29-27-49-39-85-49)77-71(81)51-35-57(87-45-23-13-19-41(9-3)31-45)63-65-59(89-47-25-15-21-43(11-5)33-47)37-53-62-54(74(84)78(73(53)83)56(18-8-2)70(80)76-30-28-50-40-86-50)38-60(90-48-26-16-22-44(12-6)34-48)66(68(62)65)64-58(36-52(72(77)82)61(51)67(63)64)88-46-24-14-20-42(10-4)32-46/h13-16,19-26,31-38,49-50,55-56H,7-12,17-18,27-30,39-40H2,1-6H3,(H,75,79)(H,76,80). The molecule has 16 heteroatoms. The van der Waals surface area contributed by atoms with Crippen molar-refractivity contribution in [3.63, 3.8) is 0 Å². The van der Waals surface area contributed by atoms with Crippen molar-refractivity contribution in [2.75, 3.05) is 26.3 Å². The highest BCUT2D eigenvalue weighted by Gasteiger charge is 2.46. The van der Waals surface area contributed by atoms with Gasteiger partial charge in [-0.1, -0.05) is 103 Å². The zero-order chi connectivity index (χ0) is 62.5. The van der Waals surface area contributed by atoms with Crippen molar-refractivity contribution in [1.82, 2.24) is 20.4 Å². The van der Waals surface area contributed by atoms with Gasteiger partial charge in [-0.25, -0.2) is 0 Å². The van der Waals surface area contributed by atoms with Gasteiger partial charge in [-0.3, -0.25) is 38.6 Å². The second-order valence-electron chi connectivity index (χ2n) is 23.7. The highest BCUT2D eigenvalue weighted by molar-refractivity contribution is 6.45. The smallest absolute Gasteiger partial charge is 0.262 e. The number of hydrogen-bond donors (Lipinski definition) is 2. The highest BCUT2D eigenvalue weighted by atomic mass is 16.6. The monoisotopic (exact) mass is 1210 g/mol. The maximum absolute atomic E-state index is 16.0. The van der Waals surface area contributed by atoms with Gasteiger partial charge in [0.2, 0.25) is 11.8 Å². The van der Waals surface area contributed by atoms with Crippen LogP contribution in [0.3, 0.4) is 0 Å². The predicted octanol–water partition coefficient (Wildman–Crippen LogP) is 14.5. The lowest BCUT2D eigenvalue weighted by Gasteiger charge is -2.36. The number of imide groups is 2. The molecule has 0 aromatic heterocycles. The molecule has 13 rings (SSSR count). The van der Waals surface area contributed by atoms with Crippen molar-refractivity contribution in [2.45, 2.75) is 130 Å². The van der Waals surface area contributed by atoms with Crippen LogP contribution in [0.1, 0.15) is 144 Å². The van der Waals surface area contributed by atoms with Gasteiger partial charge in [0, 0.05) is 56.2 Å². The molecule has 2 fully saturated rings. The van der Waals surface area contributed by atoms with E-state index in [1.165, 1.54) is 0 Å². The number of ether oxygens (including phenoxy) is 6. The van der Waals surface area contributed by atoms with Gasteiger partial charge in [0.05, 0.1) is 47.7 Å². The van der Waals surface area contributed by atoms with Crippen LogP contribution in [0.15, 0.2) is 121 Å². The van der Waals surface area contributed by atoms with Crippen LogP contribution in [0.25, 0.3) is 43.1 Å². The fraction of sp³-hybridized carbons (Fsp3) is 0.324. The Bertz CT molecular complexity index is 3870. The van der Waals surface area contributed by atoms with E-state index in [0.29, 0.717) is 120 Å². The van der Waals surface area contributed by atoms with E-state index in [9.17, 15) is 9.59 Å². The van der Waals surface area contributed by atoms with Crippen molar-refractivity contribution in [2.24, 2.45) is 0 Å². The molecular weight excluding hydrogens is 1140 g/mol. The lowest BCUT2D eigenvalue weighted by Crippen LogP contribution is -2.54. The molecule has 16 nitrogen and oxygen atoms in total. The van der Waals surface area contributed by atoms with Crippen LogP contribution in [0.5, 0.6) is 46.0 Å². The third-order valence-electron chi connectivity index (χ3n) is 17.8.